The van der Waals surface area contributed by atoms with E-state index in [1.165, 1.54) is 19.3 Å². The number of anilines is 1. The van der Waals surface area contributed by atoms with E-state index in [4.69, 9.17) is 0 Å². The van der Waals surface area contributed by atoms with Crippen LogP contribution in [0.15, 0.2) is 12.4 Å². The molecule has 1 fully saturated rings. The van der Waals surface area contributed by atoms with Gasteiger partial charge in [-0.2, -0.15) is 0 Å². The van der Waals surface area contributed by atoms with Gasteiger partial charge in [0.15, 0.2) is 0 Å². The van der Waals surface area contributed by atoms with E-state index in [1.54, 1.807) is 0 Å². The fourth-order valence-electron chi connectivity index (χ4n) is 1.70. The molecule has 1 aromatic heterocycles. The average molecular weight is 193 g/mol. The van der Waals surface area contributed by atoms with E-state index in [-0.39, 0.29) is 0 Å². The Bertz CT molecular complexity index is 286. The third-order valence-corrected chi connectivity index (χ3v) is 2.81. The molecule has 14 heavy (non-hydrogen) atoms. The molecule has 0 saturated heterocycles. The van der Waals surface area contributed by atoms with Crippen LogP contribution in [0.5, 0.6) is 0 Å². The summed E-state index contributed by atoms with van der Waals surface area (Å²) >= 11 is 0. The van der Waals surface area contributed by atoms with Crippen molar-refractivity contribution in [2.75, 3.05) is 11.9 Å². The fraction of sp³-hybridized carbons (Fsp3) is 0.727. The number of imidazole rings is 1. The quantitative estimate of drug-likeness (QED) is 0.796. The van der Waals surface area contributed by atoms with Gasteiger partial charge in [-0.1, -0.05) is 13.8 Å². The van der Waals surface area contributed by atoms with Crippen LogP contribution < -0.4 is 5.32 Å². The lowest BCUT2D eigenvalue weighted by Crippen LogP contribution is -2.20. The van der Waals surface area contributed by atoms with Gasteiger partial charge in [0, 0.05) is 25.0 Å². The van der Waals surface area contributed by atoms with Gasteiger partial charge in [-0.25, -0.2) is 4.98 Å². The lowest BCUT2D eigenvalue weighted by Gasteiger charge is -2.28. The lowest BCUT2D eigenvalue weighted by atomic mass is 9.93. The molecule has 78 valence electrons. The largest absolute Gasteiger partial charge is 0.355 e. The van der Waals surface area contributed by atoms with Crippen LogP contribution in [0.2, 0.25) is 0 Å². The molecule has 0 atom stereocenters. The van der Waals surface area contributed by atoms with Crippen molar-refractivity contribution in [2.24, 2.45) is 5.92 Å². The highest BCUT2D eigenvalue weighted by Crippen LogP contribution is 2.33. The first-order chi connectivity index (χ1) is 6.77. The fourth-order valence-corrected chi connectivity index (χ4v) is 1.70. The van der Waals surface area contributed by atoms with E-state index < -0.39 is 0 Å². The number of nitrogens with one attached hydrogen (secondary N) is 1. The standard InChI is InChI=1S/C11H19N3/c1-9(2)8-13-11-12-6-7-14(11)10-4-3-5-10/h6-7,9-10H,3-5,8H2,1-2H3,(H,12,13). The molecule has 0 amide bonds. The highest BCUT2D eigenvalue weighted by atomic mass is 15.2. The summed E-state index contributed by atoms with van der Waals surface area (Å²) in [5.74, 6) is 1.71. The van der Waals surface area contributed by atoms with Crippen LogP contribution >= 0.6 is 0 Å². The number of hydrogen-bond donors (Lipinski definition) is 1. The molecule has 1 heterocycles. The number of aromatic nitrogens is 2. The summed E-state index contributed by atoms with van der Waals surface area (Å²) < 4.78 is 2.28. The molecule has 0 unspecified atom stereocenters. The molecule has 1 aliphatic carbocycles. The molecule has 3 heteroatoms. The minimum absolute atomic E-state index is 0.668. The van der Waals surface area contributed by atoms with Crippen LogP contribution in [0, 0.1) is 5.92 Å². The zero-order valence-corrected chi connectivity index (χ0v) is 9.03. The second kappa shape index (κ2) is 4.03. The molecule has 1 aromatic rings. The van der Waals surface area contributed by atoms with Gasteiger partial charge in [0.25, 0.3) is 0 Å². The van der Waals surface area contributed by atoms with Crippen molar-refractivity contribution in [3.05, 3.63) is 12.4 Å². The summed E-state index contributed by atoms with van der Waals surface area (Å²) in [5.41, 5.74) is 0. The van der Waals surface area contributed by atoms with E-state index in [1.807, 2.05) is 6.20 Å². The maximum absolute atomic E-state index is 4.34. The average Bonchev–Trinajstić information content (AvgIpc) is 2.46. The summed E-state index contributed by atoms with van der Waals surface area (Å²) in [7, 11) is 0. The summed E-state index contributed by atoms with van der Waals surface area (Å²) in [6.45, 7) is 5.43. The molecular weight excluding hydrogens is 174 g/mol. The summed E-state index contributed by atoms with van der Waals surface area (Å²) in [6.07, 6.45) is 7.97. The number of rotatable bonds is 4. The highest BCUT2D eigenvalue weighted by molar-refractivity contribution is 5.27. The van der Waals surface area contributed by atoms with Gasteiger partial charge >= 0.3 is 0 Å². The maximum atomic E-state index is 4.34. The minimum Gasteiger partial charge on any atom is -0.355 e. The Morgan fingerprint density at radius 2 is 2.36 bits per heavy atom. The highest BCUT2D eigenvalue weighted by Gasteiger charge is 2.21. The SMILES string of the molecule is CC(C)CNc1nccn1C1CCC1. The molecule has 0 radical (unpaired) electrons. The van der Waals surface area contributed by atoms with Gasteiger partial charge in [-0.05, 0) is 25.2 Å². The molecule has 0 aliphatic heterocycles. The molecule has 2 rings (SSSR count). The predicted octanol–water partition coefficient (Wildman–Crippen LogP) is 2.68. The van der Waals surface area contributed by atoms with Crippen LogP contribution in [0.25, 0.3) is 0 Å². The van der Waals surface area contributed by atoms with Crippen molar-refractivity contribution >= 4 is 5.95 Å². The second-order valence-electron chi connectivity index (χ2n) is 4.52. The van der Waals surface area contributed by atoms with E-state index in [2.05, 4.69) is 34.9 Å². The van der Waals surface area contributed by atoms with E-state index >= 15 is 0 Å². The second-order valence-corrected chi connectivity index (χ2v) is 4.52. The van der Waals surface area contributed by atoms with Crippen molar-refractivity contribution < 1.29 is 0 Å². The molecule has 1 aliphatic rings. The zero-order chi connectivity index (χ0) is 9.97. The molecule has 0 bridgehead atoms. The molecular formula is C11H19N3. The number of hydrogen-bond acceptors (Lipinski definition) is 2. The van der Waals surface area contributed by atoms with Crippen LogP contribution in [0.3, 0.4) is 0 Å². The van der Waals surface area contributed by atoms with Crippen LogP contribution in [0.4, 0.5) is 5.95 Å². The lowest BCUT2D eigenvalue weighted by molar-refractivity contribution is 0.316. The number of nitrogens with zero attached hydrogens (tertiary/aromatic N) is 2. The molecule has 0 spiro atoms. The summed E-state index contributed by atoms with van der Waals surface area (Å²) in [4.78, 5) is 4.34. The van der Waals surface area contributed by atoms with E-state index in [9.17, 15) is 0 Å². The van der Waals surface area contributed by atoms with E-state index in [0.29, 0.717) is 12.0 Å². The molecule has 3 nitrogen and oxygen atoms in total. The predicted molar refractivity (Wildman–Crippen MR) is 58.4 cm³/mol. The molecule has 1 N–H and O–H groups in total. The molecule has 0 aromatic carbocycles. The summed E-state index contributed by atoms with van der Waals surface area (Å²) in [6, 6.07) is 0.701. The van der Waals surface area contributed by atoms with Crippen molar-refractivity contribution in [1.82, 2.24) is 9.55 Å². The van der Waals surface area contributed by atoms with E-state index in [0.717, 1.165) is 12.5 Å². The first kappa shape index (κ1) is 9.56. The maximum Gasteiger partial charge on any atom is 0.203 e. The third-order valence-electron chi connectivity index (χ3n) is 2.81. The Kier molecular flexibility index (Phi) is 2.75. The Hall–Kier alpha value is -0.990. The Morgan fingerprint density at radius 3 is 2.93 bits per heavy atom. The summed E-state index contributed by atoms with van der Waals surface area (Å²) in [5, 5.41) is 3.39. The molecule has 1 saturated carbocycles. The monoisotopic (exact) mass is 193 g/mol. The van der Waals surface area contributed by atoms with Crippen LogP contribution in [-0.4, -0.2) is 16.1 Å². The van der Waals surface area contributed by atoms with Gasteiger partial charge < -0.3 is 9.88 Å². The topological polar surface area (TPSA) is 29.9 Å². The van der Waals surface area contributed by atoms with Gasteiger partial charge in [-0.3, -0.25) is 0 Å². The Morgan fingerprint density at radius 1 is 1.57 bits per heavy atom. The first-order valence-corrected chi connectivity index (χ1v) is 5.54. The smallest absolute Gasteiger partial charge is 0.203 e. The first-order valence-electron chi connectivity index (χ1n) is 5.54. The Balaban J connectivity index is 1.98. The van der Waals surface area contributed by atoms with Crippen molar-refractivity contribution in [2.45, 2.75) is 39.2 Å². The normalized spacial score (nSPS) is 17.1. The van der Waals surface area contributed by atoms with Gasteiger partial charge in [0.2, 0.25) is 5.95 Å². The Labute approximate surface area is 85.5 Å². The minimum atomic E-state index is 0.668. The van der Waals surface area contributed by atoms with Crippen molar-refractivity contribution in [1.29, 1.82) is 0 Å². The van der Waals surface area contributed by atoms with Crippen LogP contribution in [-0.2, 0) is 0 Å². The third kappa shape index (κ3) is 1.91. The van der Waals surface area contributed by atoms with Gasteiger partial charge in [0.05, 0.1) is 0 Å². The van der Waals surface area contributed by atoms with Crippen LogP contribution in [0.1, 0.15) is 39.2 Å². The van der Waals surface area contributed by atoms with Gasteiger partial charge in [0.1, 0.15) is 0 Å². The van der Waals surface area contributed by atoms with Gasteiger partial charge in [-0.15, -0.1) is 0 Å². The zero-order valence-electron chi connectivity index (χ0n) is 9.03. The van der Waals surface area contributed by atoms with Crippen molar-refractivity contribution in [3.63, 3.8) is 0 Å². The van der Waals surface area contributed by atoms with Crippen molar-refractivity contribution in [3.8, 4) is 0 Å².